The molecule has 8 heteroatoms. The fourth-order valence-corrected chi connectivity index (χ4v) is 3.14. The molecule has 0 spiro atoms. The Morgan fingerprint density at radius 2 is 2.26 bits per heavy atom. The minimum absolute atomic E-state index is 0.0862. The fraction of sp³-hybridized carbons (Fsp3) is 0.333. The van der Waals surface area contributed by atoms with Gasteiger partial charge in [0.1, 0.15) is 6.26 Å². The minimum Gasteiger partial charge on any atom is -0.451 e. The van der Waals surface area contributed by atoms with E-state index in [9.17, 15) is 9.59 Å². The summed E-state index contributed by atoms with van der Waals surface area (Å²) in [5, 5.41) is 0. The lowest BCUT2D eigenvalue weighted by atomic mass is 10.2. The smallest absolute Gasteiger partial charge is 0.330 e. The molecule has 23 heavy (non-hydrogen) atoms. The first kappa shape index (κ1) is 13.7. The number of hydrogen-bond donors (Lipinski definition) is 0. The number of amides is 1. The number of fused-ring (bicyclic) bond motifs is 1. The molecule has 4 heterocycles. The number of likely N-dealkylation sites (tertiary alicyclic amines) is 1. The number of pyridine rings is 1. The Labute approximate surface area is 131 Å². The predicted molar refractivity (Wildman–Crippen MR) is 81.0 cm³/mol. The van der Waals surface area contributed by atoms with Crippen molar-refractivity contribution < 1.29 is 9.21 Å². The van der Waals surface area contributed by atoms with E-state index in [1.807, 2.05) is 6.07 Å². The van der Waals surface area contributed by atoms with E-state index in [0.29, 0.717) is 25.2 Å². The molecular weight excluding hydrogens is 298 g/mol. The Morgan fingerprint density at radius 1 is 1.39 bits per heavy atom. The molecule has 8 nitrogen and oxygen atoms in total. The molecule has 1 amide bonds. The third-order valence-electron chi connectivity index (χ3n) is 4.32. The minimum atomic E-state index is -0.178. The predicted octanol–water partition coefficient (Wildman–Crippen LogP) is 0.810. The molecule has 1 atom stereocenters. The second kappa shape index (κ2) is 5.08. The average molecular weight is 313 g/mol. The highest BCUT2D eigenvalue weighted by atomic mass is 16.3. The molecular formula is C15H15N5O3. The van der Waals surface area contributed by atoms with Gasteiger partial charge in [0.2, 0.25) is 0 Å². The maximum Gasteiger partial charge on any atom is 0.330 e. The van der Waals surface area contributed by atoms with Gasteiger partial charge in [0, 0.05) is 26.3 Å². The summed E-state index contributed by atoms with van der Waals surface area (Å²) in [6.45, 7) is 1.04. The van der Waals surface area contributed by atoms with Gasteiger partial charge in [-0.25, -0.2) is 14.8 Å². The van der Waals surface area contributed by atoms with Crippen molar-refractivity contribution in [2.75, 3.05) is 13.1 Å². The molecule has 118 valence electrons. The first-order chi connectivity index (χ1) is 11.2. The molecule has 1 aliphatic rings. The Balaban J connectivity index is 1.67. The van der Waals surface area contributed by atoms with Gasteiger partial charge in [-0.1, -0.05) is 0 Å². The molecule has 0 N–H and O–H groups in total. The van der Waals surface area contributed by atoms with Gasteiger partial charge in [0.05, 0.1) is 11.6 Å². The van der Waals surface area contributed by atoms with Gasteiger partial charge in [0.25, 0.3) is 5.91 Å². The first-order valence-electron chi connectivity index (χ1n) is 7.36. The normalized spacial score (nSPS) is 18.0. The van der Waals surface area contributed by atoms with Crippen LogP contribution in [0.5, 0.6) is 0 Å². The van der Waals surface area contributed by atoms with Gasteiger partial charge >= 0.3 is 5.69 Å². The van der Waals surface area contributed by atoms with Crippen LogP contribution in [0.3, 0.4) is 0 Å². The van der Waals surface area contributed by atoms with Crippen LogP contribution < -0.4 is 5.69 Å². The number of aryl methyl sites for hydroxylation is 1. The molecule has 0 aromatic carbocycles. The number of aromatic nitrogens is 4. The number of hydrogen-bond acceptors (Lipinski definition) is 5. The van der Waals surface area contributed by atoms with E-state index >= 15 is 0 Å². The quantitative estimate of drug-likeness (QED) is 0.699. The van der Waals surface area contributed by atoms with Crippen molar-refractivity contribution in [2.24, 2.45) is 7.05 Å². The van der Waals surface area contributed by atoms with Crippen LogP contribution in [0, 0.1) is 0 Å². The zero-order valence-corrected chi connectivity index (χ0v) is 12.5. The molecule has 3 aromatic rings. The summed E-state index contributed by atoms with van der Waals surface area (Å²) in [7, 11) is 1.73. The van der Waals surface area contributed by atoms with E-state index in [1.54, 1.807) is 33.3 Å². The van der Waals surface area contributed by atoms with Crippen LogP contribution in [0.1, 0.15) is 23.0 Å². The van der Waals surface area contributed by atoms with Crippen LogP contribution in [0.15, 0.2) is 40.2 Å². The molecule has 1 fully saturated rings. The summed E-state index contributed by atoms with van der Waals surface area (Å²) in [4.78, 5) is 34.8. The topological polar surface area (TPSA) is 86.2 Å². The molecule has 0 aliphatic carbocycles. The van der Waals surface area contributed by atoms with Gasteiger partial charge in [-0.3, -0.25) is 13.9 Å². The van der Waals surface area contributed by atoms with Crippen molar-refractivity contribution >= 4 is 17.1 Å². The van der Waals surface area contributed by atoms with Gasteiger partial charge < -0.3 is 9.32 Å². The third-order valence-corrected chi connectivity index (χ3v) is 4.32. The Bertz CT molecular complexity index is 924. The number of oxazole rings is 1. The Hall–Kier alpha value is -2.90. The summed E-state index contributed by atoms with van der Waals surface area (Å²) in [5.74, 6) is -0.178. The Morgan fingerprint density at radius 3 is 3.04 bits per heavy atom. The van der Waals surface area contributed by atoms with E-state index in [2.05, 4.69) is 9.97 Å². The lowest BCUT2D eigenvalue weighted by Gasteiger charge is -2.15. The highest BCUT2D eigenvalue weighted by molar-refractivity contribution is 5.92. The summed E-state index contributed by atoms with van der Waals surface area (Å²) >= 11 is 0. The van der Waals surface area contributed by atoms with Crippen molar-refractivity contribution in [1.29, 1.82) is 0 Å². The molecule has 3 aromatic heterocycles. The fourth-order valence-electron chi connectivity index (χ4n) is 3.14. The second-order valence-electron chi connectivity index (χ2n) is 5.63. The van der Waals surface area contributed by atoms with Crippen molar-refractivity contribution in [3.05, 3.63) is 47.2 Å². The van der Waals surface area contributed by atoms with Gasteiger partial charge in [-0.05, 0) is 18.6 Å². The van der Waals surface area contributed by atoms with E-state index in [1.165, 1.54) is 12.7 Å². The molecule has 0 unspecified atom stereocenters. The Kier molecular flexibility index (Phi) is 3.03. The number of carbonyl (C=O) groups is 1. The monoisotopic (exact) mass is 313 g/mol. The van der Waals surface area contributed by atoms with E-state index in [4.69, 9.17) is 4.42 Å². The van der Waals surface area contributed by atoms with Crippen molar-refractivity contribution in [1.82, 2.24) is 24.0 Å². The summed E-state index contributed by atoms with van der Waals surface area (Å²) in [6.07, 6.45) is 4.95. The zero-order valence-electron chi connectivity index (χ0n) is 12.5. The van der Waals surface area contributed by atoms with Crippen LogP contribution in [-0.4, -0.2) is 43.0 Å². The third kappa shape index (κ3) is 2.06. The summed E-state index contributed by atoms with van der Waals surface area (Å²) in [6, 6.07) is 3.59. The molecule has 0 radical (unpaired) electrons. The average Bonchev–Trinajstić information content (AvgIpc) is 3.29. The van der Waals surface area contributed by atoms with E-state index < -0.39 is 0 Å². The summed E-state index contributed by atoms with van der Waals surface area (Å²) in [5.41, 5.74) is 1.62. The molecule has 1 aliphatic heterocycles. The molecule has 1 saturated heterocycles. The lowest BCUT2D eigenvalue weighted by molar-refractivity contribution is 0.0782. The largest absolute Gasteiger partial charge is 0.451 e. The van der Waals surface area contributed by atoms with Crippen LogP contribution in [0.25, 0.3) is 11.2 Å². The van der Waals surface area contributed by atoms with Gasteiger partial charge in [-0.2, -0.15) is 0 Å². The van der Waals surface area contributed by atoms with Crippen LogP contribution in [0.4, 0.5) is 0 Å². The summed E-state index contributed by atoms with van der Waals surface area (Å²) < 4.78 is 8.13. The van der Waals surface area contributed by atoms with Crippen LogP contribution in [-0.2, 0) is 7.05 Å². The maximum absolute atomic E-state index is 12.5. The SMILES string of the molecule is Cn1c(=O)n([C@@H]2CCN(C(=O)c3cocn3)C2)c2ncccc21. The highest BCUT2D eigenvalue weighted by Crippen LogP contribution is 2.24. The van der Waals surface area contributed by atoms with Gasteiger partial charge in [-0.15, -0.1) is 0 Å². The van der Waals surface area contributed by atoms with E-state index in [-0.39, 0.29) is 23.3 Å². The molecule has 0 bridgehead atoms. The zero-order chi connectivity index (χ0) is 16.0. The van der Waals surface area contributed by atoms with Gasteiger partial charge in [0.15, 0.2) is 17.7 Å². The maximum atomic E-state index is 12.5. The van der Waals surface area contributed by atoms with E-state index in [0.717, 1.165) is 5.52 Å². The first-order valence-corrected chi connectivity index (χ1v) is 7.36. The standard InChI is InChI=1S/C15H15N5O3/c1-18-12-3-2-5-16-13(12)20(15(18)22)10-4-6-19(7-10)14(21)11-8-23-9-17-11/h2-3,5,8-10H,4,6-7H2,1H3/t10-/m1/s1. The molecule has 0 saturated carbocycles. The number of nitrogens with zero attached hydrogens (tertiary/aromatic N) is 5. The lowest BCUT2D eigenvalue weighted by Crippen LogP contribution is -2.32. The number of imidazole rings is 1. The highest BCUT2D eigenvalue weighted by Gasteiger charge is 2.31. The van der Waals surface area contributed by atoms with Crippen molar-refractivity contribution in [3.8, 4) is 0 Å². The number of carbonyl (C=O) groups excluding carboxylic acids is 1. The van der Waals surface area contributed by atoms with Crippen LogP contribution >= 0.6 is 0 Å². The van der Waals surface area contributed by atoms with Crippen LogP contribution in [0.2, 0.25) is 0 Å². The molecule has 4 rings (SSSR count). The van der Waals surface area contributed by atoms with Crippen molar-refractivity contribution in [2.45, 2.75) is 12.5 Å². The number of rotatable bonds is 2. The second-order valence-corrected chi connectivity index (χ2v) is 5.63. The van der Waals surface area contributed by atoms with Crippen molar-refractivity contribution in [3.63, 3.8) is 0 Å².